The Hall–Kier alpha value is -2.29. The van der Waals surface area contributed by atoms with Crippen molar-refractivity contribution in [2.75, 3.05) is 46.9 Å². The Balaban J connectivity index is 2.23. The molecule has 2 rings (SSSR count). The molecule has 0 bridgehead atoms. The zero-order valence-electron chi connectivity index (χ0n) is 17.1. The second kappa shape index (κ2) is 9.96. The van der Waals surface area contributed by atoms with Crippen LogP contribution >= 0.6 is 0 Å². The normalized spacial score (nSPS) is 17.0. The van der Waals surface area contributed by atoms with E-state index in [0.717, 1.165) is 6.07 Å². The predicted molar refractivity (Wildman–Crippen MR) is 106 cm³/mol. The maximum Gasteiger partial charge on any atom is 0.416 e. The molecule has 1 saturated heterocycles. The first-order valence-electron chi connectivity index (χ1n) is 9.66. The molecule has 1 aliphatic heterocycles. The number of rotatable bonds is 6. The number of hydrogen-bond acceptors (Lipinski definition) is 3. The van der Waals surface area contributed by atoms with Crippen molar-refractivity contribution in [2.24, 2.45) is 4.99 Å². The van der Waals surface area contributed by atoms with E-state index in [1.807, 2.05) is 6.92 Å². The van der Waals surface area contributed by atoms with Gasteiger partial charge in [-0.1, -0.05) is 18.2 Å². The summed E-state index contributed by atoms with van der Waals surface area (Å²) in [5.41, 5.74) is -0.539. The minimum atomic E-state index is -4.39. The zero-order valence-corrected chi connectivity index (χ0v) is 17.1. The first-order chi connectivity index (χ1) is 13.7. The molecule has 1 aliphatic rings. The van der Waals surface area contributed by atoms with Gasteiger partial charge in [0.25, 0.3) is 0 Å². The number of benzene rings is 1. The van der Waals surface area contributed by atoms with Crippen molar-refractivity contribution in [1.82, 2.24) is 15.5 Å². The van der Waals surface area contributed by atoms with Crippen LogP contribution in [0.1, 0.15) is 30.9 Å². The van der Waals surface area contributed by atoms with Gasteiger partial charge in [-0.25, -0.2) is 4.99 Å². The molecule has 0 unspecified atom stereocenters. The third kappa shape index (κ3) is 6.35. The molecular weight excluding hydrogens is 385 g/mol. The van der Waals surface area contributed by atoms with Crippen molar-refractivity contribution in [1.29, 1.82) is 0 Å². The van der Waals surface area contributed by atoms with Crippen LogP contribution in [0.5, 0.6) is 0 Å². The Labute approximate surface area is 169 Å². The first kappa shape index (κ1) is 23.0. The molecule has 1 aromatic carbocycles. The Morgan fingerprint density at radius 3 is 2.52 bits per heavy atom. The van der Waals surface area contributed by atoms with Crippen LogP contribution in [0.15, 0.2) is 29.3 Å². The second-order valence-corrected chi connectivity index (χ2v) is 7.31. The molecule has 0 spiro atoms. The summed E-state index contributed by atoms with van der Waals surface area (Å²) in [5, 5.41) is 6.29. The number of amides is 1. The van der Waals surface area contributed by atoms with E-state index in [1.165, 1.54) is 17.0 Å². The fourth-order valence-corrected chi connectivity index (χ4v) is 3.24. The van der Waals surface area contributed by atoms with Crippen molar-refractivity contribution >= 4 is 11.9 Å². The number of ether oxygens (including phenoxy) is 1. The molecular formula is C20H29F3N4O2. The number of nitrogens with one attached hydrogen (secondary N) is 2. The summed E-state index contributed by atoms with van der Waals surface area (Å²) in [6.45, 7) is 3.83. The van der Waals surface area contributed by atoms with Crippen LogP contribution in [-0.4, -0.2) is 63.7 Å². The fraction of sp³-hybridized carbons (Fsp3) is 0.600. The van der Waals surface area contributed by atoms with Crippen LogP contribution in [0, 0.1) is 0 Å². The molecule has 0 radical (unpaired) electrons. The van der Waals surface area contributed by atoms with Crippen molar-refractivity contribution in [3.05, 3.63) is 35.4 Å². The van der Waals surface area contributed by atoms with E-state index in [-0.39, 0.29) is 12.5 Å². The standard InChI is InChI=1S/C20H29F3N4O2/c1-4-24-18(25-13-17(28)27(2)3)26-14-19(8-10-29-11-9-19)15-6-5-7-16(12-15)20(21,22)23/h5-7,12H,4,8-11,13-14H2,1-3H3,(H2,24,25,26). The highest BCUT2D eigenvalue weighted by atomic mass is 19.4. The second-order valence-electron chi connectivity index (χ2n) is 7.31. The largest absolute Gasteiger partial charge is 0.416 e. The van der Waals surface area contributed by atoms with Crippen LogP contribution in [-0.2, 0) is 21.1 Å². The molecule has 1 aromatic rings. The van der Waals surface area contributed by atoms with Crippen LogP contribution < -0.4 is 10.6 Å². The van der Waals surface area contributed by atoms with E-state index < -0.39 is 17.2 Å². The van der Waals surface area contributed by atoms with E-state index in [2.05, 4.69) is 15.6 Å². The monoisotopic (exact) mass is 414 g/mol. The van der Waals surface area contributed by atoms with Crippen molar-refractivity contribution in [3.63, 3.8) is 0 Å². The summed E-state index contributed by atoms with van der Waals surface area (Å²) in [6.07, 6.45) is -3.20. The number of carbonyl (C=O) groups excluding carboxylic acids is 1. The highest BCUT2D eigenvalue weighted by Gasteiger charge is 2.37. The lowest BCUT2D eigenvalue weighted by atomic mass is 9.73. The Bertz CT molecular complexity index is 714. The molecule has 0 saturated carbocycles. The Kier molecular flexibility index (Phi) is 7.89. The average molecular weight is 414 g/mol. The topological polar surface area (TPSA) is 66.0 Å². The average Bonchev–Trinajstić information content (AvgIpc) is 2.70. The first-order valence-corrected chi connectivity index (χ1v) is 9.66. The zero-order chi connectivity index (χ0) is 21.5. The number of hydrogen-bond donors (Lipinski definition) is 2. The quantitative estimate of drug-likeness (QED) is 0.554. The molecule has 1 heterocycles. The van der Waals surface area contributed by atoms with Crippen molar-refractivity contribution in [3.8, 4) is 0 Å². The van der Waals surface area contributed by atoms with Gasteiger partial charge in [0.15, 0.2) is 5.96 Å². The lowest BCUT2D eigenvalue weighted by Crippen LogP contribution is -2.48. The number of nitrogens with zero attached hydrogens (tertiary/aromatic N) is 2. The molecule has 0 aliphatic carbocycles. The third-order valence-corrected chi connectivity index (χ3v) is 5.06. The van der Waals surface area contributed by atoms with Gasteiger partial charge in [0.2, 0.25) is 5.91 Å². The molecule has 2 N–H and O–H groups in total. The lowest BCUT2D eigenvalue weighted by molar-refractivity contribution is -0.137. The molecule has 29 heavy (non-hydrogen) atoms. The molecule has 6 nitrogen and oxygen atoms in total. The van der Waals surface area contributed by atoms with Crippen LogP contribution in [0.25, 0.3) is 0 Å². The van der Waals surface area contributed by atoms with Gasteiger partial charge in [-0.05, 0) is 31.4 Å². The number of halogens is 3. The van der Waals surface area contributed by atoms with Crippen LogP contribution in [0.2, 0.25) is 0 Å². The van der Waals surface area contributed by atoms with Crippen molar-refractivity contribution < 1.29 is 22.7 Å². The van der Waals surface area contributed by atoms with Gasteiger partial charge in [-0.15, -0.1) is 0 Å². The van der Waals surface area contributed by atoms with Gasteiger partial charge in [0.05, 0.1) is 5.56 Å². The van der Waals surface area contributed by atoms with Gasteiger partial charge in [-0.2, -0.15) is 13.2 Å². The van der Waals surface area contributed by atoms with Crippen molar-refractivity contribution in [2.45, 2.75) is 31.4 Å². The number of alkyl halides is 3. The summed E-state index contributed by atoms with van der Waals surface area (Å²) in [5.74, 6) is 0.321. The molecule has 162 valence electrons. The highest BCUT2D eigenvalue weighted by Crippen LogP contribution is 2.37. The van der Waals surface area contributed by atoms with Gasteiger partial charge < -0.3 is 20.3 Å². The van der Waals surface area contributed by atoms with Crippen LogP contribution in [0.3, 0.4) is 0 Å². The summed E-state index contributed by atoms with van der Waals surface area (Å²) >= 11 is 0. The smallest absolute Gasteiger partial charge is 0.381 e. The summed E-state index contributed by atoms with van der Waals surface area (Å²) < 4.78 is 45.1. The summed E-state index contributed by atoms with van der Waals surface area (Å²) in [4.78, 5) is 17.6. The number of aliphatic imine (C=N–C) groups is 1. The maximum atomic E-state index is 13.2. The number of carbonyl (C=O) groups is 1. The van der Waals surface area contributed by atoms with E-state index in [9.17, 15) is 18.0 Å². The maximum absolute atomic E-state index is 13.2. The molecule has 0 atom stereocenters. The summed E-state index contributed by atoms with van der Waals surface area (Å²) in [7, 11) is 3.31. The summed E-state index contributed by atoms with van der Waals surface area (Å²) in [6, 6.07) is 5.50. The van der Waals surface area contributed by atoms with Gasteiger partial charge in [0, 0.05) is 45.8 Å². The SMILES string of the molecule is CCNC(=NCC(=O)N(C)C)NCC1(c2cccc(C(F)(F)F)c2)CCOCC1. The Morgan fingerprint density at radius 2 is 1.93 bits per heavy atom. The van der Waals surface area contributed by atoms with E-state index >= 15 is 0 Å². The minimum absolute atomic E-state index is 0.0119. The van der Waals surface area contributed by atoms with Gasteiger partial charge in [0.1, 0.15) is 6.54 Å². The molecule has 1 fully saturated rings. The third-order valence-electron chi connectivity index (χ3n) is 5.06. The fourth-order valence-electron chi connectivity index (χ4n) is 3.24. The highest BCUT2D eigenvalue weighted by molar-refractivity contribution is 5.84. The predicted octanol–water partition coefficient (Wildman–Crippen LogP) is 2.40. The molecule has 1 amide bonds. The van der Waals surface area contributed by atoms with E-state index in [1.54, 1.807) is 20.2 Å². The molecule has 0 aromatic heterocycles. The molecule has 9 heteroatoms. The van der Waals surface area contributed by atoms with Gasteiger partial charge >= 0.3 is 6.18 Å². The van der Waals surface area contributed by atoms with Gasteiger partial charge in [-0.3, -0.25) is 4.79 Å². The number of likely N-dealkylation sites (N-methyl/N-ethyl adjacent to an activating group) is 1. The number of guanidine groups is 1. The lowest BCUT2D eigenvalue weighted by Gasteiger charge is -2.38. The Morgan fingerprint density at radius 1 is 1.24 bits per heavy atom. The van der Waals surface area contributed by atoms with E-state index in [0.29, 0.717) is 50.7 Å². The van der Waals surface area contributed by atoms with E-state index in [4.69, 9.17) is 4.74 Å². The minimum Gasteiger partial charge on any atom is -0.381 e. The van der Waals surface area contributed by atoms with Crippen LogP contribution in [0.4, 0.5) is 13.2 Å².